The molecule has 0 spiro atoms. The molecule has 0 fully saturated rings. The summed E-state index contributed by atoms with van der Waals surface area (Å²) in [5.74, 6) is -0.207. The van der Waals surface area contributed by atoms with Crippen molar-refractivity contribution in [3.63, 3.8) is 0 Å². The smallest absolute Gasteiger partial charge is 0.273 e. The summed E-state index contributed by atoms with van der Waals surface area (Å²) in [4.78, 5) is 16.3. The van der Waals surface area contributed by atoms with Crippen molar-refractivity contribution in [2.75, 3.05) is 5.32 Å². The molecule has 2 heterocycles. The van der Waals surface area contributed by atoms with Crippen molar-refractivity contribution < 1.29 is 4.79 Å². The second-order valence-electron chi connectivity index (χ2n) is 4.22. The quantitative estimate of drug-likeness (QED) is 0.878. The van der Waals surface area contributed by atoms with E-state index in [4.69, 9.17) is 11.6 Å². The van der Waals surface area contributed by atoms with Crippen LogP contribution in [0.5, 0.6) is 0 Å². The van der Waals surface area contributed by atoms with Crippen molar-refractivity contribution in [1.29, 1.82) is 0 Å². The number of hydrogen-bond donors (Lipinski definition) is 1. The lowest BCUT2D eigenvalue weighted by Crippen LogP contribution is -2.16. The van der Waals surface area contributed by atoms with Crippen LogP contribution in [-0.2, 0) is 13.5 Å². The molecule has 6 heteroatoms. The van der Waals surface area contributed by atoms with E-state index < -0.39 is 0 Å². The minimum absolute atomic E-state index is 0.207. The predicted octanol–water partition coefficient (Wildman–Crippen LogP) is 2.59. The summed E-state index contributed by atoms with van der Waals surface area (Å²) in [6.45, 7) is 3.79. The number of anilines is 1. The summed E-state index contributed by atoms with van der Waals surface area (Å²) >= 11 is 5.78. The second-order valence-corrected chi connectivity index (χ2v) is 4.61. The number of aryl methyl sites for hydroxylation is 3. The third-order valence-corrected chi connectivity index (χ3v) is 3.04. The molecule has 100 valence electrons. The largest absolute Gasteiger partial charge is 0.319 e. The van der Waals surface area contributed by atoms with Crippen LogP contribution in [0.1, 0.15) is 28.8 Å². The molecule has 0 aromatic carbocycles. The second kappa shape index (κ2) is 5.40. The number of carbonyl (C=O) groups is 1. The zero-order valence-corrected chi connectivity index (χ0v) is 11.8. The molecule has 0 aliphatic heterocycles. The normalized spacial score (nSPS) is 10.5. The van der Waals surface area contributed by atoms with Crippen LogP contribution in [0.3, 0.4) is 0 Å². The summed E-state index contributed by atoms with van der Waals surface area (Å²) in [5.41, 5.74) is 2.73. The first-order valence-corrected chi connectivity index (χ1v) is 6.36. The maximum atomic E-state index is 12.2. The summed E-state index contributed by atoms with van der Waals surface area (Å²) in [6, 6.07) is 5.17. The predicted molar refractivity (Wildman–Crippen MR) is 74.5 cm³/mol. The third kappa shape index (κ3) is 2.93. The lowest BCUT2D eigenvalue weighted by molar-refractivity contribution is 0.101. The number of aromatic nitrogens is 3. The average Bonchev–Trinajstić information content (AvgIpc) is 2.74. The van der Waals surface area contributed by atoms with Gasteiger partial charge in [-0.05, 0) is 31.5 Å². The molecule has 0 radical (unpaired) electrons. The van der Waals surface area contributed by atoms with Crippen LogP contribution in [0.25, 0.3) is 0 Å². The zero-order chi connectivity index (χ0) is 14.0. The van der Waals surface area contributed by atoms with Gasteiger partial charge in [-0.1, -0.05) is 18.5 Å². The molecule has 0 unspecified atom stereocenters. The Balaban J connectivity index is 2.23. The molecule has 5 nitrogen and oxygen atoms in total. The fourth-order valence-corrected chi connectivity index (χ4v) is 1.95. The van der Waals surface area contributed by atoms with E-state index >= 15 is 0 Å². The van der Waals surface area contributed by atoms with E-state index in [1.165, 1.54) is 0 Å². The minimum Gasteiger partial charge on any atom is -0.319 e. The van der Waals surface area contributed by atoms with Gasteiger partial charge in [-0.2, -0.15) is 5.10 Å². The maximum Gasteiger partial charge on any atom is 0.273 e. The van der Waals surface area contributed by atoms with Gasteiger partial charge in [-0.25, -0.2) is 4.98 Å². The molecule has 1 amide bonds. The fourth-order valence-electron chi connectivity index (χ4n) is 1.76. The van der Waals surface area contributed by atoms with Crippen LogP contribution in [0, 0.1) is 6.92 Å². The van der Waals surface area contributed by atoms with E-state index in [-0.39, 0.29) is 5.91 Å². The van der Waals surface area contributed by atoms with Crippen LogP contribution in [0.4, 0.5) is 5.69 Å². The number of carbonyl (C=O) groups excluding carboxylic acids is 1. The zero-order valence-electron chi connectivity index (χ0n) is 11.1. The number of nitrogens with zero attached hydrogens (tertiary/aromatic N) is 3. The summed E-state index contributed by atoms with van der Waals surface area (Å²) in [6.07, 6.45) is 0.794. The van der Waals surface area contributed by atoms with Crippen LogP contribution in [0.2, 0.25) is 5.15 Å². The van der Waals surface area contributed by atoms with Crippen LogP contribution >= 0.6 is 11.6 Å². The first-order valence-electron chi connectivity index (χ1n) is 5.98. The van der Waals surface area contributed by atoms with E-state index in [2.05, 4.69) is 15.4 Å². The van der Waals surface area contributed by atoms with Crippen molar-refractivity contribution in [3.05, 3.63) is 40.4 Å². The van der Waals surface area contributed by atoms with Crippen molar-refractivity contribution in [1.82, 2.24) is 14.8 Å². The maximum absolute atomic E-state index is 12.2. The Morgan fingerprint density at radius 3 is 2.79 bits per heavy atom. The van der Waals surface area contributed by atoms with E-state index in [1.54, 1.807) is 36.9 Å². The molecule has 0 bridgehead atoms. The van der Waals surface area contributed by atoms with Crippen molar-refractivity contribution in [2.45, 2.75) is 20.3 Å². The molecule has 2 aromatic heterocycles. The van der Waals surface area contributed by atoms with Crippen LogP contribution in [0.15, 0.2) is 18.2 Å². The molecule has 19 heavy (non-hydrogen) atoms. The SMILES string of the molecule is CCc1cc(C(=O)Nc2ccc(Cl)nc2C)n(C)n1. The molecule has 0 atom stereocenters. The topological polar surface area (TPSA) is 59.8 Å². The van der Waals surface area contributed by atoms with Crippen LogP contribution in [-0.4, -0.2) is 20.7 Å². The Morgan fingerprint density at radius 2 is 2.21 bits per heavy atom. The number of pyridine rings is 1. The molecule has 0 aliphatic rings. The van der Waals surface area contributed by atoms with Gasteiger partial charge in [0.25, 0.3) is 5.91 Å². The van der Waals surface area contributed by atoms with Crippen LogP contribution < -0.4 is 5.32 Å². The summed E-state index contributed by atoms with van der Waals surface area (Å²) in [5, 5.41) is 7.47. The Morgan fingerprint density at radius 1 is 1.47 bits per heavy atom. The molecular formula is C13H15ClN4O. The van der Waals surface area contributed by atoms with Crippen molar-refractivity contribution >= 4 is 23.2 Å². The van der Waals surface area contributed by atoms with Gasteiger partial charge in [-0.3, -0.25) is 9.48 Å². The van der Waals surface area contributed by atoms with Gasteiger partial charge < -0.3 is 5.32 Å². The van der Waals surface area contributed by atoms with Gasteiger partial charge in [0.1, 0.15) is 10.8 Å². The highest BCUT2D eigenvalue weighted by molar-refractivity contribution is 6.29. The summed E-state index contributed by atoms with van der Waals surface area (Å²) in [7, 11) is 1.75. The van der Waals surface area contributed by atoms with Gasteiger partial charge >= 0.3 is 0 Å². The molecule has 2 rings (SSSR count). The van der Waals surface area contributed by atoms with E-state index in [9.17, 15) is 4.79 Å². The highest BCUT2D eigenvalue weighted by atomic mass is 35.5. The Kier molecular flexibility index (Phi) is 3.85. The Hall–Kier alpha value is -1.88. The highest BCUT2D eigenvalue weighted by Crippen LogP contribution is 2.17. The number of nitrogens with one attached hydrogen (secondary N) is 1. The first kappa shape index (κ1) is 13.5. The van der Waals surface area contributed by atoms with Gasteiger partial charge in [0.15, 0.2) is 0 Å². The van der Waals surface area contributed by atoms with E-state index in [0.29, 0.717) is 22.2 Å². The number of rotatable bonds is 3. The van der Waals surface area contributed by atoms with Gasteiger partial charge in [0, 0.05) is 7.05 Å². The van der Waals surface area contributed by atoms with E-state index in [1.807, 2.05) is 6.92 Å². The molecule has 2 aromatic rings. The van der Waals surface area contributed by atoms with Gasteiger partial charge in [0.2, 0.25) is 0 Å². The van der Waals surface area contributed by atoms with Crippen molar-refractivity contribution in [3.8, 4) is 0 Å². The Bertz CT molecular complexity index is 621. The molecule has 0 saturated carbocycles. The van der Waals surface area contributed by atoms with Gasteiger partial charge in [0.05, 0.1) is 17.1 Å². The molecule has 0 saturated heterocycles. The number of hydrogen-bond acceptors (Lipinski definition) is 3. The number of amides is 1. The van der Waals surface area contributed by atoms with E-state index in [0.717, 1.165) is 12.1 Å². The molecule has 1 N–H and O–H groups in total. The standard InChI is InChI=1S/C13H15ClN4O/c1-4-9-7-11(18(3)17-9)13(19)16-10-5-6-12(14)15-8(10)2/h5-7H,4H2,1-3H3,(H,16,19). The molecular weight excluding hydrogens is 264 g/mol. The fraction of sp³-hybridized carbons (Fsp3) is 0.308. The summed E-state index contributed by atoms with van der Waals surface area (Å²) < 4.78 is 1.58. The first-order chi connectivity index (χ1) is 9.01. The average molecular weight is 279 g/mol. The Labute approximate surface area is 116 Å². The highest BCUT2D eigenvalue weighted by Gasteiger charge is 2.14. The lowest BCUT2D eigenvalue weighted by Gasteiger charge is -2.07. The molecule has 0 aliphatic carbocycles. The van der Waals surface area contributed by atoms with Crippen molar-refractivity contribution in [2.24, 2.45) is 7.05 Å². The number of halogens is 1. The third-order valence-electron chi connectivity index (χ3n) is 2.83. The lowest BCUT2D eigenvalue weighted by atomic mass is 10.2. The monoisotopic (exact) mass is 278 g/mol. The minimum atomic E-state index is -0.207. The van der Waals surface area contributed by atoms with Gasteiger partial charge in [-0.15, -0.1) is 0 Å².